The lowest BCUT2D eigenvalue weighted by atomic mass is 9.96. The average Bonchev–Trinajstić information content (AvgIpc) is 2.80. The zero-order valence-corrected chi connectivity index (χ0v) is 18.5. The van der Waals surface area contributed by atoms with Crippen molar-refractivity contribution in [3.8, 4) is 22.4 Å². The van der Waals surface area contributed by atoms with Crippen LogP contribution in [0.2, 0.25) is 0 Å². The molecule has 8 heteroatoms. The maximum atomic E-state index is 15.2. The summed E-state index contributed by atoms with van der Waals surface area (Å²) in [5.74, 6) is -0.427. The molecule has 7 nitrogen and oxygen atoms in total. The number of halogens is 1. The van der Waals surface area contributed by atoms with E-state index < -0.39 is 5.82 Å². The van der Waals surface area contributed by atoms with Crippen molar-refractivity contribution in [3.05, 3.63) is 59.9 Å². The number of piperazine rings is 1. The van der Waals surface area contributed by atoms with Gasteiger partial charge >= 0.3 is 0 Å². The summed E-state index contributed by atoms with van der Waals surface area (Å²) < 4.78 is 15.2. The Balaban J connectivity index is 1.71. The molecule has 1 aliphatic rings. The second-order valence-electron chi connectivity index (χ2n) is 8.14. The van der Waals surface area contributed by atoms with Crippen LogP contribution in [0.1, 0.15) is 29.9 Å². The SMILES string of the molecule is CCc1ncnc(-c2ccc(C(=O)N3CCN(C)C(C)C3)c(F)c2)c1-c1ccc(N)nc1. The number of aryl methyl sites for hydroxylation is 1. The molecule has 1 aromatic carbocycles. The minimum atomic E-state index is -0.558. The van der Waals surface area contributed by atoms with Crippen LogP contribution < -0.4 is 5.73 Å². The predicted octanol–water partition coefficient (Wildman–Crippen LogP) is 3.27. The normalized spacial score (nSPS) is 16.9. The van der Waals surface area contributed by atoms with E-state index in [-0.39, 0.29) is 17.5 Å². The lowest BCUT2D eigenvalue weighted by Crippen LogP contribution is -2.52. The Hall–Kier alpha value is -3.39. The molecule has 0 aliphatic carbocycles. The van der Waals surface area contributed by atoms with E-state index >= 15 is 4.39 Å². The number of rotatable bonds is 4. The highest BCUT2D eigenvalue weighted by molar-refractivity contribution is 5.95. The molecule has 2 N–H and O–H groups in total. The molecule has 1 amide bonds. The molecule has 1 fully saturated rings. The standard InChI is InChI=1S/C24H27FN6O/c1-4-20-22(17-6-8-21(26)27-12-17)23(29-14-28-20)16-5-7-18(19(25)11-16)24(32)31-10-9-30(3)15(2)13-31/h5-8,11-12,14-15H,4,9-10,13H2,1-3H3,(H2,26,27). The fourth-order valence-electron chi connectivity index (χ4n) is 4.00. The molecule has 0 saturated carbocycles. The largest absolute Gasteiger partial charge is 0.384 e. The van der Waals surface area contributed by atoms with Crippen LogP contribution in [-0.4, -0.2) is 63.4 Å². The van der Waals surface area contributed by atoms with Gasteiger partial charge in [0.25, 0.3) is 5.91 Å². The van der Waals surface area contributed by atoms with Crippen molar-refractivity contribution in [3.63, 3.8) is 0 Å². The van der Waals surface area contributed by atoms with Crippen LogP contribution in [0.5, 0.6) is 0 Å². The van der Waals surface area contributed by atoms with Crippen LogP contribution >= 0.6 is 0 Å². The number of likely N-dealkylation sites (N-methyl/N-ethyl adjacent to an activating group) is 1. The minimum Gasteiger partial charge on any atom is -0.384 e. The molecule has 0 bridgehead atoms. The van der Waals surface area contributed by atoms with Gasteiger partial charge in [-0.05, 0) is 44.7 Å². The number of nitrogen functional groups attached to an aromatic ring is 1. The highest BCUT2D eigenvalue weighted by Crippen LogP contribution is 2.33. The summed E-state index contributed by atoms with van der Waals surface area (Å²) >= 11 is 0. The van der Waals surface area contributed by atoms with Gasteiger partial charge in [0.05, 0.1) is 17.0 Å². The monoisotopic (exact) mass is 434 g/mol. The fraction of sp³-hybridized carbons (Fsp3) is 0.333. The Morgan fingerprint density at radius 1 is 1.16 bits per heavy atom. The van der Waals surface area contributed by atoms with E-state index in [1.165, 1.54) is 12.4 Å². The van der Waals surface area contributed by atoms with Gasteiger partial charge in [0.2, 0.25) is 0 Å². The zero-order valence-electron chi connectivity index (χ0n) is 18.5. The second kappa shape index (κ2) is 9.00. The molecule has 1 saturated heterocycles. The molecular weight excluding hydrogens is 407 g/mol. The van der Waals surface area contributed by atoms with Gasteiger partial charge in [-0.2, -0.15) is 0 Å². The molecule has 0 radical (unpaired) electrons. The average molecular weight is 435 g/mol. The summed E-state index contributed by atoms with van der Waals surface area (Å²) in [5.41, 5.74) is 9.40. The molecule has 3 aromatic rings. The molecule has 1 unspecified atom stereocenters. The number of benzene rings is 1. The van der Waals surface area contributed by atoms with Crippen molar-refractivity contribution < 1.29 is 9.18 Å². The lowest BCUT2D eigenvalue weighted by molar-refractivity contribution is 0.0568. The second-order valence-corrected chi connectivity index (χ2v) is 8.14. The molecule has 3 heterocycles. The first-order chi connectivity index (χ1) is 15.4. The van der Waals surface area contributed by atoms with E-state index in [9.17, 15) is 4.79 Å². The summed E-state index contributed by atoms with van der Waals surface area (Å²) in [6.07, 6.45) is 3.82. The maximum absolute atomic E-state index is 15.2. The first-order valence-electron chi connectivity index (χ1n) is 10.7. The van der Waals surface area contributed by atoms with Crippen molar-refractivity contribution in [2.75, 3.05) is 32.4 Å². The van der Waals surface area contributed by atoms with E-state index in [2.05, 4.69) is 26.8 Å². The van der Waals surface area contributed by atoms with Crippen molar-refractivity contribution in [1.29, 1.82) is 0 Å². The Kier molecular flexibility index (Phi) is 6.14. The van der Waals surface area contributed by atoms with Crippen molar-refractivity contribution in [2.24, 2.45) is 0 Å². The molecule has 1 atom stereocenters. The molecule has 0 spiro atoms. The number of hydrogen-bond acceptors (Lipinski definition) is 6. The fourth-order valence-corrected chi connectivity index (χ4v) is 4.00. The highest BCUT2D eigenvalue weighted by atomic mass is 19.1. The number of pyridine rings is 1. The Morgan fingerprint density at radius 2 is 1.94 bits per heavy atom. The van der Waals surface area contributed by atoms with E-state index in [4.69, 9.17) is 5.73 Å². The number of amides is 1. The van der Waals surface area contributed by atoms with Crippen LogP contribution in [0.25, 0.3) is 22.4 Å². The Bertz CT molecular complexity index is 1130. The summed E-state index contributed by atoms with van der Waals surface area (Å²) in [5, 5.41) is 0. The first kappa shape index (κ1) is 21.8. The number of carbonyl (C=O) groups is 1. The molecule has 2 aromatic heterocycles. The van der Waals surface area contributed by atoms with E-state index in [0.29, 0.717) is 36.6 Å². The number of aromatic nitrogens is 3. The topological polar surface area (TPSA) is 88.2 Å². The number of carbonyl (C=O) groups excluding carboxylic acids is 1. The van der Waals surface area contributed by atoms with Crippen LogP contribution in [-0.2, 0) is 6.42 Å². The van der Waals surface area contributed by atoms with Crippen LogP contribution in [0, 0.1) is 5.82 Å². The summed E-state index contributed by atoms with van der Waals surface area (Å²) in [6.45, 7) is 6.00. The first-order valence-corrected chi connectivity index (χ1v) is 10.7. The van der Waals surface area contributed by atoms with E-state index in [1.807, 2.05) is 20.0 Å². The molecule has 32 heavy (non-hydrogen) atoms. The Labute approximate surface area is 187 Å². The smallest absolute Gasteiger partial charge is 0.256 e. The number of anilines is 1. The van der Waals surface area contributed by atoms with Gasteiger partial charge in [0.15, 0.2) is 0 Å². The molecule has 4 rings (SSSR count). The maximum Gasteiger partial charge on any atom is 0.256 e. The van der Waals surface area contributed by atoms with Crippen molar-refractivity contribution in [2.45, 2.75) is 26.3 Å². The zero-order chi connectivity index (χ0) is 22.8. The molecular formula is C24H27FN6O. The van der Waals surface area contributed by atoms with E-state index in [1.54, 1.807) is 29.3 Å². The van der Waals surface area contributed by atoms with Gasteiger partial charge in [-0.1, -0.05) is 13.0 Å². The van der Waals surface area contributed by atoms with Gasteiger partial charge in [-0.15, -0.1) is 0 Å². The van der Waals surface area contributed by atoms with Gasteiger partial charge < -0.3 is 15.5 Å². The van der Waals surface area contributed by atoms with Crippen LogP contribution in [0.3, 0.4) is 0 Å². The molecule has 1 aliphatic heterocycles. The van der Waals surface area contributed by atoms with Gasteiger partial charge in [0, 0.05) is 48.6 Å². The van der Waals surface area contributed by atoms with E-state index in [0.717, 1.165) is 23.4 Å². The molecule has 166 valence electrons. The lowest BCUT2D eigenvalue weighted by Gasteiger charge is -2.37. The quantitative estimate of drug-likeness (QED) is 0.678. The highest BCUT2D eigenvalue weighted by Gasteiger charge is 2.27. The third-order valence-corrected chi connectivity index (χ3v) is 6.06. The number of hydrogen-bond donors (Lipinski definition) is 1. The third-order valence-electron chi connectivity index (χ3n) is 6.06. The van der Waals surface area contributed by atoms with Crippen LogP contribution in [0.4, 0.5) is 10.2 Å². The van der Waals surface area contributed by atoms with Crippen LogP contribution in [0.15, 0.2) is 42.9 Å². The van der Waals surface area contributed by atoms with Gasteiger partial charge in [-0.25, -0.2) is 19.3 Å². The predicted molar refractivity (Wildman–Crippen MR) is 122 cm³/mol. The summed E-state index contributed by atoms with van der Waals surface area (Å²) in [7, 11) is 2.03. The Morgan fingerprint density at radius 3 is 2.59 bits per heavy atom. The van der Waals surface area contributed by atoms with Crippen molar-refractivity contribution >= 4 is 11.7 Å². The summed E-state index contributed by atoms with van der Waals surface area (Å²) in [6, 6.07) is 8.47. The van der Waals surface area contributed by atoms with Gasteiger partial charge in [0.1, 0.15) is 18.0 Å². The number of nitrogens with two attached hydrogens (primary N) is 1. The van der Waals surface area contributed by atoms with Gasteiger partial charge in [-0.3, -0.25) is 4.79 Å². The van der Waals surface area contributed by atoms with Crippen molar-refractivity contribution in [1.82, 2.24) is 24.8 Å². The summed E-state index contributed by atoms with van der Waals surface area (Å²) in [4.78, 5) is 29.9. The minimum absolute atomic E-state index is 0.0750. The number of nitrogens with zero attached hydrogens (tertiary/aromatic N) is 5. The third kappa shape index (κ3) is 4.18.